The highest BCUT2D eigenvalue weighted by atomic mass is 32.1. The van der Waals surface area contributed by atoms with Crippen molar-refractivity contribution in [1.29, 1.82) is 0 Å². The molecule has 0 spiro atoms. The first-order chi connectivity index (χ1) is 13.1. The van der Waals surface area contributed by atoms with Crippen LogP contribution in [0.25, 0.3) is 15.8 Å². The summed E-state index contributed by atoms with van der Waals surface area (Å²) in [5, 5.41) is 0.872. The first kappa shape index (κ1) is 16.7. The molecule has 3 saturated heterocycles. The number of carbonyl (C=O) groups is 1. The van der Waals surface area contributed by atoms with E-state index in [2.05, 4.69) is 9.27 Å². The molecule has 3 aliphatic heterocycles. The summed E-state index contributed by atoms with van der Waals surface area (Å²) in [6.07, 6.45) is 5.59. The number of amides is 1. The van der Waals surface area contributed by atoms with E-state index in [1.807, 2.05) is 23.1 Å². The number of fused-ring (bicyclic) bond motifs is 5. The third-order valence-electron chi connectivity index (χ3n) is 5.80. The first-order valence-electron chi connectivity index (χ1n) is 9.29. The number of hydrogen-bond donors (Lipinski definition) is 0. The SMILES string of the molecule is Cn1ccn(-c2ccc3c(C(=O)N4CCN5CCC4CC5)nsc3c2)c1=O. The Bertz CT molecular complexity index is 1070. The van der Waals surface area contributed by atoms with Crippen LogP contribution >= 0.6 is 11.5 Å². The molecule has 6 rings (SSSR count). The smallest absolute Gasteiger partial charge is 0.332 e. The molecule has 1 amide bonds. The molecule has 0 saturated carbocycles. The van der Waals surface area contributed by atoms with Gasteiger partial charge in [0.15, 0.2) is 0 Å². The van der Waals surface area contributed by atoms with Crippen LogP contribution in [0.15, 0.2) is 35.4 Å². The van der Waals surface area contributed by atoms with E-state index < -0.39 is 0 Å². The molecule has 0 radical (unpaired) electrons. The van der Waals surface area contributed by atoms with Crippen molar-refractivity contribution in [3.63, 3.8) is 0 Å². The van der Waals surface area contributed by atoms with E-state index in [9.17, 15) is 9.59 Å². The average Bonchev–Trinajstić information content (AvgIpc) is 3.10. The van der Waals surface area contributed by atoms with Crippen LogP contribution in [-0.4, -0.2) is 61.4 Å². The van der Waals surface area contributed by atoms with E-state index in [1.54, 1.807) is 24.0 Å². The molecule has 2 aromatic heterocycles. The zero-order valence-corrected chi connectivity index (χ0v) is 16.0. The normalized spacial score (nSPS) is 22.3. The van der Waals surface area contributed by atoms with Crippen LogP contribution in [0.1, 0.15) is 23.3 Å². The molecule has 0 N–H and O–H groups in total. The second-order valence-electron chi connectivity index (χ2n) is 7.34. The monoisotopic (exact) mass is 383 g/mol. The molecule has 2 bridgehead atoms. The molecule has 27 heavy (non-hydrogen) atoms. The number of rotatable bonds is 2. The van der Waals surface area contributed by atoms with Crippen LogP contribution < -0.4 is 5.69 Å². The van der Waals surface area contributed by atoms with E-state index in [0.29, 0.717) is 11.7 Å². The maximum absolute atomic E-state index is 13.2. The van der Waals surface area contributed by atoms with Crippen molar-refractivity contribution in [1.82, 2.24) is 23.3 Å². The van der Waals surface area contributed by atoms with Crippen molar-refractivity contribution in [3.05, 3.63) is 46.8 Å². The maximum atomic E-state index is 13.2. The van der Waals surface area contributed by atoms with Gasteiger partial charge in [-0.05, 0) is 42.6 Å². The fraction of sp³-hybridized carbons (Fsp3) is 0.421. The van der Waals surface area contributed by atoms with Gasteiger partial charge in [0.05, 0.1) is 10.4 Å². The fourth-order valence-electron chi connectivity index (χ4n) is 4.18. The Labute approximate surface area is 160 Å². The highest BCUT2D eigenvalue weighted by molar-refractivity contribution is 7.13. The summed E-state index contributed by atoms with van der Waals surface area (Å²) >= 11 is 1.32. The van der Waals surface area contributed by atoms with Crippen LogP contribution in [0, 0.1) is 0 Å². The van der Waals surface area contributed by atoms with Crippen molar-refractivity contribution < 1.29 is 4.79 Å². The average molecular weight is 383 g/mol. The summed E-state index contributed by atoms with van der Waals surface area (Å²) in [6, 6.07) is 6.06. The number of piperidine rings is 1. The minimum absolute atomic E-state index is 0.0413. The van der Waals surface area contributed by atoms with E-state index in [1.165, 1.54) is 16.1 Å². The minimum atomic E-state index is -0.0921. The minimum Gasteiger partial charge on any atom is -0.333 e. The Morgan fingerprint density at radius 3 is 2.70 bits per heavy atom. The second kappa shape index (κ2) is 6.31. The lowest BCUT2D eigenvalue weighted by molar-refractivity contribution is 0.0682. The molecule has 3 aliphatic rings. The molecule has 0 aliphatic carbocycles. The van der Waals surface area contributed by atoms with Crippen LogP contribution in [-0.2, 0) is 7.05 Å². The summed E-state index contributed by atoms with van der Waals surface area (Å²) in [5.41, 5.74) is 1.24. The van der Waals surface area contributed by atoms with Crippen molar-refractivity contribution >= 4 is 27.5 Å². The topological polar surface area (TPSA) is 63.4 Å². The summed E-state index contributed by atoms with van der Waals surface area (Å²) in [7, 11) is 1.73. The third-order valence-corrected chi connectivity index (χ3v) is 6.61. The quantitative estimate of drug-likeness (QED) is 0.676. The summed E-state index contributed by atoms with van der Waals surface area (Å²) in [4.78, 5) is 29.9. The van der Waals surface area contributed by atoms with Crippen LogP contribution in [0.2, 0.25) is 0 Å². The molecule has 5 heterocycles. The third kappa shape index (κ3) is 2.71. The maximum Gasteiger partial charge on any atom is 0.332 e. The van der Waals surface area contributed by atoms with Crippen molar-refractivity contribution in [2.45, 2.75) is 18.9 Å². The van der Waals surface area contributed by atoms with Gasteiger partial charge in [-0.3, -0.25) is 9.36 Å². The highest BCUT2D eigenvalue weighted by Gasteiger charge is 2.33. The van der Waals surface area contributed by atoms with Crippen LogP contribution in [0.5, 0.6) is 0 Å². The summed E-state index contributed by atoms with van der Waals surface area (Å²) in [5.74, 6) is 0.0413. The van der Waals surface area contributed by atoms with Gasteiger partial charge in [0, 0.05) is 57.0 Å². The van der Waals surface area contributed by atoms with Gasteiger partial charge < -0.3 is 14.4 Å². The van der Waals surface area contributed by atoms with Gasteiger partial charge in [-0.2, -0.15) is 4.37 Å². The van der Waals surface area contributed by atoms with Gasteiger partial charge in [-0.15, -0.1) is 0 Å². The number of carbonyl (C=O) groups excluding carboxylic acids is 1. The van der Waals surface area contributed by atoms with Crippen molar-refractivity contribution in [2.24, 2.45) is 7.05 Å². The molecular weight excluding hydrogens is 362 g/mol. The molecule has 1 aromatic carbocycles. The number of aryl methyl sites for hydroxylation is 1. The van der Waals surface area contributed by atoms with Gasteiger partial charge >= 0.3 is 5.69 Å². The Morgan fingerprint density at radius 2 is 1.96 bits per heavy atom. The molecule has 140 valence electrons. The van der Waals surface area contributed by atoms with Gasteiger partial charge in [-0.25, -0.2) is 4.79 Å². The van der Waals surface area contributed by atoms with E-state index in [-0.39, 0.29) is 11.6 Å². The molecule has 3 aromatic rings. The number of hydrogen-bond acceptors (Lipinski definition) is 5. The highest BCUT2D eigenvalue weighted by Crippen LogP contribution is 2.28. The number of benzene rings is 1. The van der Waals surface area contributed by atoms with Gasteiger partial charge in [0.1, 0.15) is 5.69 Å². The largest absolute Gasteiger partial charge is 0.333 e. The van der Waals surface area contributed by atoms with Crippen LogP contribution in [0.3, 0.4) is 0 Å². The Kier molecular flexibility index (Phi) is 3.91. The number of imidazole rings is 1. The standard InChI is InChI=1S/C19H21N5O2S/c1-21-8-10-24(19(21)26)14-2-3-15-16(12-14)27-20-17(15)18(25)23-11-9-22-6-4-13(23)5-7-22/h2-3,8,10,12-13H,4-7,9,11H2,1H3. The van der Waals surface area contributed by atoms with Crippen molar-refractivity contribution in [3.8, 4) is 5.69 Å². The number of nitrogens with zero attached hydrogens (tertiary/aromatic N) is 5. The lowest BCUT2D eigenvalue weighted by Crippen LogP contribution is -2.41. The Hall–Kier alpha value is -2.45. The van der Waals surface area contributed by atoms with E-state index >= 15 is 0 Å². The zero-order valence-electron chi connectivity index (χ0n) is 15.2. The van der Waals surface area contributed by atoms with Gasteiger partial charge in [0.2, 0.25) is 0 Å². The molecule has 0 atom stereocenters. The Balaban J connectivity index is 1.50. The van der Waals surface area contributed by atoms with E-state index in [0.717, 1.165) is 54.8 Å². The second-order valence-corrected chi connectivity index (χ2v) is 8.15. The fourth-order valence-corrected chi connectivity index (χ4v) is 4.98. The molecule has 0 unspecified atom stereocenters. The van der Waals surface area contributed by atoms with E-state index in [4.69, 9.17) is 0 Å². The molecule has 3 fully saturated rings. The zero-order chi connectivity index (χ0) is 18.5. The molecule has 8 heteroatoms. The predicted octanol–water partition coefficient (Wildman–Crippen LogP) is 1.71. The van der Waals surface area contributed by atoms with Crippen LogP contribution in [0.4, 0.5) is 0 Å². The van der Waals surface area contributed by atoms with Crippen molar-refractivity contribution in [2.75, 3.05) is 26.2 Å². The summed E-state index contributed by atoms with van der Waals surface area (Å²) in [6.45, 7) is 3.90. The summed E-state index contributed by atoms with van der Waals surface area (Å²) < 4.78 is 8.55. The van der Waals surface area contributed by atoms with Gasteiger partial charge in [0.25, 0.3) is 5.91 Å². The first-order valence-corrected chi connectivity index (χ1v) is 10.1. The molecule has 7 nitrogen and oxygen atoms in total. The predicted molar refractivity (Wildman–Crippen MR) is 105 cm³/mol. The number of aromatic nitrogens is 3. The lowest BCUT2D eigenvalue weighted by Gasteiger charge is -2.31. The van der Waals surface area contributed by atoms with Gasteiger partial charge in [-0.1, -0.05) is 0 Å². The Morgan fingerprint density at radius 1 is 1.15 bits per heavy atom. The molecular formula is C19H21N5O2S. The lowest BCUT2D eigenvalue weighted by atomic mass is 10.0.